The zero-order valence-electron chi connectivity index (χ0n) is 22.3. The summed E-state index contributed by atoms with van der Waals surface area (Å²) in [6.45, 7) is 2.27. The molecule has 0 aromatic heterocycles. The lowest BCUT2D eigenvalue weighted by atomic mass is 9.59. The van der Waals surface area contributed by atoms with Crippen molar-refractivity contribution in [2.75, 3.05) is 39.1 Å². The largest absolute Gasteiger partial charge is 0.508 e. The van der Waals surface area contributed by atoms with Crippen LogP contribution >= 0.6 is 0 Å². The molecule has 0 bridgehead atoms. The molecule has 2 fully saturated rings. The fourth-order valence-corrected chi connectivity index (χ4v) is 6.69. The number of carboxylic acids is 1. The van der Waals surface area contributed by atoms with Crippen LogP contribution in [0.4, 0.5) is 5.69 Å². The molecule has 6 N–H and O–H groups in total. The van der Waals surface area contributed by atoms with Crippen LogP contribution in [0.3, 0.4) is 0 Å². The molecule has 1 aromatic rings. The number of Topliss-reactive ketones (excluding diaryl/α,β-unsaturated/α-hetero) is 2. The first-order valence-corrected chi connectivity index (χ1v) is 13.2. The van der Waals surface area contributed by atoms with Crippen LogP contribution in [-0.2, 0) is 27.3 Å². The van der Waals surface area contributed by atoms with Gasteiger partial charge in [0.25, 0.3) is 0 Å². The van der Waals surface area contributed by atoms with Gasteiger partial charge >= 0.3 is 5.97 Å². The van der Waals surface area contributed by atoms with E-state index in [1.54, 1.807) is 0 Å². The Balaban J connectivity index is 1.58. The Labute approximate surface area is 226 Å². The minimum atomic E-state index is -2.65. The average Bonchev–Trinajstić information content (AvgIpc) is 2.86. The molecule has 1 saturated heterocycles. The van der Waals surface area contributed by atoms with E-state index >= 15 is 0 Å². The van der Waals surface area contributed by atoms with Crippen molar-refractivity contribution in [3.8, 4) is 5.75 Å². The summed E-state index contributed by atoms with van der Waals surface area (Å²) in [7, 11) is 5.77. The highest BCUT2D eigenvalue weighted by molar-refractivity contribution is 6.21. The number of benzene rings is 1. The molecule has 1 aromatic carbocycles. The number of rotatable bonds is 5. The number of nitrogens with zero attached hydrogens (tertiary/aromatic N) is 2. The Morgan fingerprint density at radius 1 is 1.15 bits per heavy atom. The first-order chi connectivity index (χ1) is 18.4. The third kappa shape index (κ3) is 4.19. The van der Waals surface area contributed by atoms with E-state index in [-0.39, 0.29) is 35.8 Å². The molecule has 11 nitrogen and oxygen atoms in total. The number of hydrogen-bond donors (Lipinski definition) is 6. The molecule has 0 spiro atoms. The lowest BCUT2D eigenvalue weighted by Crippen LogP contribution is -2.58. The number of carbonyl (C=O) groups excluding carboxylic acids is 2. The van der Waals surface area contributed by atoms with Gasteiger partial charge in [0.2, 0.25) is 5.78 Å². The maximum absolute atomic E-state index is 13.7. The molecule has 11 heteroatoms. The number of aliphatic carboxylic acids is 1. The zero-order valence-corrected chi connectivity index (χ0v) is 22.3. The Hall–Kier alpha value is -3.41. The lowest BCUT2D eigenvalue weighted by Gasteiger charge is -2.46. The number of phenolic OH excluding ortho intramolecular Hbond substituents is 1. The number of piperidine rings is 1. The highest BCUT2D eigenvalue weighted by Crippen LogP contribution is 2.53. The summed E-state index contributed by atoms with van der Waals surface area (Å²) >= 11 is 0. The SMILES string of the molecule is CN1CCC(NCc2cc(N(C)C)c3c(c2O)C(O)=C2C(=O)[C@]4(O)C(O)=C(C(=O)O)C(=O)C[C@@H]4C[C@@H]2C3)CC1. The van der Waals surface area contributed by atoms with Gasteiger partial charge in [-0.25, -0.2) is 4.79 Å². The molecule has 210 valence electrons. The van der Waals surface area contributed by atoms with Crippen molar-refractivity contribution < 1.29 is 39.9 Å². The molecule has 1 saturated carbocycles. The average molecular weight is 542 g/mol. The van der Waals surface area contributed by atoms with Crippen LogP contribution in [-0.4, -0.2) is 93.8 Å². The summed E-state index contributed by atoms with van der Waals surface area (Å²) in [6.07, 6.45) is 1.83. The van der Waals surface area contributed by atoms with E-state index in [4.69, 9.17) is 0 Å². The number of aliphatic hydroxyl groups excluding tert-OH is 2. The van der Waals surface area contributed by atoms with E-state index in [0.29, 0.717) is 17.7 Å². The van der Waals surface area contributed by atoms with E-state index in [9.17, 15) is 39.9 Å². The monoisotopic (exact) mass is 541 g/mol. The number of fused-ring (bicyclic) bond motifs is 3. The summed E-state index contributed by atoms with van der Waals surface area (Å²) in [5.74, 6) is -7.14. The molecule has 0 amide bonds. The summed E-state index contributed by atoms with van der Waals surface area (Å²) in [4.78, 5) is 41.9. The number of anilines is 1. The molecule has 0 radical (unpaired) electrons. The zero-order chi connectivity index (χ0) is 28.4. The fourth-order valence-electron chi connectivity index (χ4n) is 6.69. The quantitative estimate of drug-likeness (QED) is 0.297. The van der Waals surface area contributed by atoms with E-state index in [0.717, 1.165) is 31.6 Å². The second-order valence-electron chi connectivity index (χ2n) is 11.5. The van der Waals surface area contributed by atoms with Gasteiger partial charge in [0.1, 0.15) is 17.1 Å². The predicted octanol–water partition coefficient (Wildman–Crippen LogP) is 1.27. The Kier molecular flexibility index (Phi) is 6.72. The molecule has 1 aliphatic heterocycles. The Morgan fingerprint density at radius 3 is 2.44 bits per heavy atom. The van der Waals surface area contributed by atoms with Crippen molar-refractivity contribution >= 4 is 29.0 Å². The molecule has 3 aliphatic carbocycles. The van der Waals surface area contributed by atoms with Gasteiger partial charge in [0, 0.05) is 55.8 Å². The van der Waals surface area contributed by atoms with E-state index in [1.165, 1.54) is 0 Å². The van der Waals surface area contributed by atoms with Gasteiger partial charge in [0.15, 0.2) is 17.1 Å². The second kappa shape index (κ2) is 9.65. The molecular weight excluding hydrogens is 506 g/mol. The number of phenols is 1. The summed E-state index contributed by atoms with van der Waals surface area (Å²) in [5.41, 5.74) is -1.80. The third-order valence-electron chi connectivity index (χ3n) is 8.87. The number of carboxylic acid groups (broad SMARTS) is 1. The number of aliphatic hydroxyl groups is 3. The van der Waals surface area contributed by atoms with Gasteiger partial charge in [0.05, 0.1) is 5.56 Å². The highest BCUT2D eigenvalue weighted by Gasteiger charge is 2.60. The number of aromatic hydroxyl groups is 1. The highest BCUT2D eigenvalue weighted by atomic mass is 16.4. The predicted molar refractivity (Wildman–Crippen MR) is 142 cm³/mol. The molecule has 0 unspecified atom stereocenters. The van der Waals surface area contributed by atoms with Crippen LogP contribution in [0.25, 0.3) is 5.76 Å². The smallest absolute Gasteiger partial charge is 0.342 e. The molecule has 1 heterocycles. The van der Waals surface area contributed by atoms with Gasteiger partial charge < -0.3 is 40.6 Å². The molecule has 5 rings (SSSR count). The third-order valence-corrected chi connectivity index (χ3v) is 8.87. The van der Waals surface area contributed by atoms with Gasteiger partial charge in [-0.15, -0.1) is 0 Å². The number of carbonyl (C=O) groups is 3. The number of likely N-dealkylation sites (tertiary alicyclic amines) is 1. The molecule has 4 aliphatic rings. The number of hydrogen-bond acceptors (Lipinski definition) is 10. The van der Waals surface area contributed by atoms with E-state index < -0.39 is 58.5 Å². The van der Waals surface area contributed by atoms with Crippen molar-refractivity contribution in [1.82, 2.24) is 10.2 Å². The van der Waals surface area contributed by atoms with Crippen LogP contribution in [0.2, 0.25) is 0 Å². The van der Waals surface area contributed by atoms with Crippen LogP contribution < -0.4 is 10.2 Å². The van der Waals surface area contributed by atoms with Crippen molar-refractivity contribution in [3.63, 3.8) is 0 Å². The maximum Gasteiger partial charge on any atom is 0.342 e. The lowest BCUT2D eigenvalue weighted by molar-refractivity contribution is -0.149. The Morgan fingerprint density at radius 2 is 1.82 bits per heavy atom. The Bertz CT molecular complexity index is 1320. The van der Waals surface area contributed by atoms with Gasteiger partial charge in [-0.2, -0.15) is 0 Å². The molecule has 3 atom stereocenters. The summed E-state index contributed by atoms with van der Waals surface area (Å²) in [6, 6.07) is 2.14. The minimum absolute atomic E-state index is 0.0663. The normalized spacial score (nSPS) is 27.8. The van der Waals surface area contributed by atoms with Crippen molar-refractivity contribution in [1.29, 1.82) is 0 Å². The molecular formula is C28H35N3O8. The first kappa shape index (κ1) is 27.2. The first-order valence-electron chi connectivity index (χ1n) is 13.2. The topological polar surface area (TPSA) is 171 Å². The van der Waals surface area contributed by atoms with Gasteiger partial charge in [-0.05, 0) is 63.4 Å². The second-order valence-corrected chi connectivity index (χ2v) is 11.5. The van der Waals surface area contributed by atoms with Crippen LogP contribution in [0, 0.1) is 11.8 Å². The van der Waals surface area contributed by atoms with Crippen LogP contribution in [0.5, 0.6) is 5.75 Å². The van der Waals surface area contributed by atoms with Crippen molar-refractivity contribution in [2.45, 2.75) is 50.3 Å². The maximum atomic E-state index is 13.7. The minimum Gasteiger partial charge on any atom is -0.508 e. The van der Waals surface area contributed by atoms with Gasteiger partial charge in [-0.1, -0.05) is 0 Å². The van der Waals surface area contributed by atoms with E-state index in [1.807, 2.05) is 25.1 Å². The van der Waals surface area contributed by atoms with Crippen LogP contribution in [0.1, 0.15) is 42.4 Å². The van der Waals surface area contributed by atoms with Crippen LogP contribution in [0.15, 0.2) is 23.0 Å². The van der Waals surface area contributed by atoms with Crippen molar-refractivity contribution in [3.05, 3.63) is 39.7 Å². The van der Waals surface area contributed by atoms with Crippen molar-refractivity contribution in [2.24, 2.45) is 11.8 Å². The summed E-state index contributed by atoms with van der Waals surface area (Å²) < 4.78 is 0. The standard InChI is InChI=1S/C28H35N3O8/c1-30(2)18-10-14(12-29-16-4-6-31(3)7-5-16)23(33)21-17(18)9-13-8-15-11-19(32)22(27(37)38)26(36)28(15,39)25(35)20(13)24(21)34/h10,13,15-16,29,33-34,36,39H,4-9,11-12H2,1-3H3,(H,37,38)/t13-,15+,28+/m1/s1. The fraction of sp³-hybridized carbons (Fsp3) is 0.536. The summed E-state index contributed by atoms with van der Waals surface area (Å²) in [5, 5.41) is 57.8. The number of ketones is 2. The number of nitrogens with one attached hydrogen (secondary N) is 1. The van der Waals surface area contributed by atoms with Gasteiger partial charge in [-0.3, -0.25) is 9.59 Å². The van der Waals surface area contributed by atoms with E-state index in [2.05, 4.69) is 17.3 Å². The molecule has 39 heavy (non-hydrogen) atoms.